The van der Waals surface area contributed by atoms with Gasteiger partial charge < -0.3 is 10.2 Å². The van der Waals surface area contributed by atoms with Gasteiger partial charge in [-0.05, 0) is 19.1 Å². The minimum Gasteiger partial charge on any atom is -0.332 e. The molecular formula is C14H19ClN4O3S. The Kier molecular flexibility index (Phi) is 4.98. The summed E-state index contributed by atoms with van der Waals surface area (Å²) in [5.74, 6) is -0.229. The van der Waals surface area contributed by atoms with Crippen LogP contribution < -0.4 is 5.32 Å². The number of fused-ring (bicyclic) bond motifs is 1. The van der Waals surface area contributed by atoms with Crippen molar-refractivity contribution < 1.29 is 13.2 Å². The smallest absolute Gasteiger partial charge is 0.275 e. The number of hydrogen-bond donors (Lipinski definition) is 1. The molecule has 1 saturated heterocycles. The first-order valence-electron chi connectivity index (χ1n) is 7.08. The topological polar surface area (TPSA) is 83.8 Å². The number of carbonyl (C=O) groups excluding carboxylic acids is 1. The number of aromatic nitrogens is 2. The molecular weight excluding hydrogens is 340 g/mol. The molecule has 1 N–H and O–H groups in total. The standard InChI is InChI=1S/C14H18N4O3S.ClH/c1-10-9-15-6-8-17(10)13(19)12-11-5-3-4-7-18(11)14(16-12)22(2,20)21;/h3-5,7,10,15H,6,8-9H2,1-2H3;1H. The lowest BCUT2D eigenvalue weighted by Gasteiger charge is -2.33. The summed E-state index contributed by atoms with van der Waals surface area (Å²) in [6.07, 6.45) is 2.70. The molecule has 1 atom stereocenters. The van der Waals surface area contributed by atoms with Crippen LogP contribution in [0.25, 0.3) is 5.52 Å². The summed E-state index contributed by atoms with van der Waals surface area (Å²) in [7, 11) is -3.52. The van der Waals surface area contributed by atoms with Crippen molar-refractivity contribution in [3.05, 3.63) is 30.1 Å². The normalized spacial score (nSPS) is 18.7. The van der Waals surface area contributed by atoms with Gasteiger partial charge in [-0.2, -0.15) is 0 Å². The number of imidazole rings is 1. The van der Waals surface area contributed by atoms with Crippen molar-refractivity contribution >= 4 is 33.7 Å². The number of halogens is 1. The Labute approximate surface area is 141 Å². The fourth-order valence-corrected chi connectivity index (χ4v) is 3.48. The van der Waals surface area contributed by atoms with Crippen LogP contribution in [0.5, 0.6) is 0 Å². The van der Waals surface area contributed by atoms with Crippen LogP contribution in [0.3, 0.4) is 0 Å². The number of sulfone groups is 1. The van der Waals surface area contributed by atoms with Gasteiger partial charge in [-0.3, -0.25) is 9.20 Å². The third-order valence-corrected chi connectivity index (χ3v) is 4.76. The maximum atomic E-state index is 12.8. The molecule has 2 aromatic heterocycles. The number of hydrogen-bond acceptors (Lipinski definition) is 5. The van der Waals surface area contributed by atoms with Crippen molar-refractivity contribution in [2.24, 2.45) is 0 Å². The molecule has 7 nitrogen and oxygen atoms in total. The van der Waals surface area contributed by atoms with Crippen LogP contribution in [0.2, 0.25) is 0 Å². The number of carbonyl (C=O) groups is 1. The molecule has 0 radical (unpaired) electrons. The number of rotatable bonds is 2. The van der Waals surface area contributed by atoms with Crippen molar-refractivity contribution in [2.75, 3.05) is 25.9 Å². The highest BCUT2D eigenvalue weighted by Gasteiger charge is 2.29. The van der Waals surface area contributed by atoms with E-state index in [-0.39, 0.29) is 35.2 Å². The molecule has 0 spiro atoms. The molecule has 3 heterocycles. The molecule has 1 unspecified atom stereocenters. The number of nitrogens with zero attached hydrogens (tertiary/aromatic N) is 3. The SMILES string of the molecule is CC1CNCCN1C(=O)c1nc(S(C)(=O)=O)n2ccccc12.Cl. The highest BCUT2D eigenvalue weighted by Crippen LogP contribution is 2.19. The first-order valence-corrected chi connectivity index (χ1v) is 8.97. The summed E-state index contributed by atoms with van der Waals surface area (Å²) in [6.45, 7) is 3.98. The van der Waals surface area contributed by atoms with Crippen molar-refractivity contribution in [1.29, 1.82) is 0 Å². The minimum atomic E-state index is -3.52. The van der Waals surface area contributed by atoms with Gasteiger partial charge in [0.1, 0.15) is 0 Å². The molecule has 3 rings (SSSR count). The van der Waals surface area contributed by atoms with E-state index in [0.29, 0.717) is 12.1 Å². The third-order valence-electron chi connectivity index (χ3n) is 3.81. The van der Waals surface area contributed by atoms with Crippen LogP contribution in [-0.4, -0.2) is 60.5 Å². The highest BCUT2D eigenvalue weighted by atomic mass is 35.5. The number of amides is 1. The monoisotopic (exact) mass is 358 g/mol. The number of nitrogens with one attached hydrogen (secondary N) is 1. The van der Waals surface area contributed by atoms with Gasteiger partial charge in [-0.25, -0.2) is 13.4 Å². The predicted molar refractivity (Wildman–Crippen MR) is 88.9 cm³/mol. The van der Waals surface area contributed by atoms with Gasteiger partial charge in [-0.15, -0.1) is 12.4 Å². The third kappa shape index (κ3) is 3.19. The molecule has 126 valence electrons. The van der Waals surface area contributed by atoms with Gasteiger partial charge in [0.25, 0.3) is 5.91 Å². The Morgan fingerprint density at radius 1 is 1.39 bits per heavy atom. The van der Waals surface area contributed by atoms with Crippen LogP contribution in [0, 0.1) is 0 Å². The Morgan fingerprint density at radius 3 is 2.78 bits per heavy atom. The van der Waals surface area contributed by atoms with E-state index in [9.17, 15) is 13.2 Å². The molecule has 1 fully saturated rings. The van der Waals surface area contributed by atoms with Crippen molar-refractivity contribution in [3.63, 3.8) is 0 Å². The first-order chi connectivity index (χ1) is 10.4. The maximum Gasteiger partial charge on any atom is 0.275 e. The van der Waals surface area contributed by atoms with Crippen LogP contribution in [-0.2, 0) is 9.84 Å². The highest BCUT2D eigenvalue weighted by molar-refractivity contribution is 7.90. The van der Waals surface area contributed by atoms with E-state index in [1.165, 1.54) is 4.40 Å². The molecule has 0 saturated carbocycles. The molecule has 0 aliphatic carbocycles. The zero-order chi connectivity index (χ0) is 15.9. The average Bonchev–Trinajstić information content (AvgIpc) is 2.87. The minimum absolute atomic E-state index is 0. The Morgan fingerprint density at radius 2 is 2.13 bits per heavy atom. The molecule has 2 aromatic rings. The first kappa shape index (κ1) is 17.7. The zero-order valence-electron chi connectivity index (χ0n) is 12.9. The molecule has 1 aliphatic heterocycles. The summed E-state index contributed by atoms with van der Waals surface area (Å²) < 4.78 is 25.3. The van der Waals surface area contributed by atoms with Crippen LogP contribution in [0.15, 0.2) is 29.6 Å². The summed E-state index contributed by atoms with van der Waals surface area (Å²) in [6, 6.07) is 5.23. The second-order valence-electron chi connectivity index (χ2n) is 5.52. The summed E-state index contributed by atoms with van der Waals surface area (Å²) in [4.78, 5) is 18.7. The lowest BCUT2D eigenvalue weighted by molar-refractivity contribution is 0.0652. The van der Waals surface area contributed by atoms with Gasteiger partial charge in [0, 0.05) is 38.1 Å². The van der Waals surface area contributed by atoms with E-state index < -0.39 is 9.84 Å². The fourth-order valence-electron chi connectivity index (χ4n) is 2.71. The van der Waals surface area contributed by atoms with Gasteiger partial charge in [0.05, 0.1) is 5.52 Å². The zero-order valence-corrected chi connectivity index (χ0v) is 14.5. The van der Waals surface area contributed by atoms with E-state index in [2.05, 4.69) is 10.3 Å². The van der Waals surface area contributed by atoms with E-state index in [4.69, 9.17) is 0 Å². The number of piperazine rings is 1. The van der Waals surface area contributed by atoms with Gasteiger partial charge in [0.2, 0.25) is 15.0 Å². The second-order valence-corrected chi connectivity index (χ2v) is 7.43. The Balaban J connectivity index is 0.00000192. The number of pyridine rings is 1. The summed E-state index contributed by atoms with van der Waals surface area (Å²) in [5, 5.41) is 3.12. The van der Waals surface area contributed by atoms with Crippen molar-refractivity contribution in [3.8, 4) is 0 Å². The Hall–Kier alpha value is -1.64. The second kappa shape index (κ2) is 6.46. The van der Waals surface area contributed by atoms with Crippen LogP contribution in [0.4, 0.5) is 0 Å². The molecule has 0 bridgehead atoms. The van der Waals surface area contributed by atoms with Crippen molar-refractivity contribution in [2.45, 2.75) is 18.1 Å². The molecule has 0 aromatic carbocycles. The lowest BCUT2D eigenvalue weighted by Crippen LogP contribution is -2.52. The Bertz CT molecular complexity index is 834. The van der Waals surface area contributed by atoms with Gasteiger partial charge >= 0.3 is 0 Å². The molecule has 9 heteroatoms. The maximum absolute atomic E-state index is 12.8. The predicted octanol–water partition coefficient (Wildman–Crippen LogP) is 0.594. The fraction of sp³-hybridized carbons (Fsp3) is 0.429. The van der Waals surface area contributed by atoms with E-state index in [0.717, 1.165) is 19.3 Å². The largest absolute Gasteiger partial charge is 0.332 e. The molecule has 1 aliphatic rings. The summed E-state index contributed by atoms with van der Waals surface area (Å²) in [5.41, 5.74) is 0.702. The van der Waals surface area contributed by atoms with Crippen LogP contribution in [0.1, 0.15) is 17.4 Å². The van der Waals surface area contributed by atoms with E-state index >= 15 is 0 Å². The van der Waals surface area contributed by atoms with Gasteiger partial charge in [-0.1, -0.05) is 6.07 Å². The van der Waals surface area contributed by atoms with Gasteiger partial charge in [0.15, 0.2) is 5.69 Å². The van der Waals surface area contributed by atoms with Crippen molar-refractivity contribution in [1.82, 2.24) is 19.6 Å². The van der Waals surface area contributed by atoms with E-state index in [1.54, 1.807) is 29.3 Å². The summed E-state index contributed by atoms with van der Waals surface area (Å²) >= 11 is 0. The van der Waals surface area contributed by atoms with Crippen LogP contribution >= 0.6 is 12.4 Å². The molecule has 23 heavy (non-hydrogen) atoms. The quantitative estimate of drug-likeness (QED) is 0.849. The lowest BCUT2D eigenvalue weighted by atomic mass is 10.2. The van der Waals surface area contributed by atoms with E-state index in [1.807, 2.05) is 6.92 Å². The average molecular weight is 359 g/mol. The molecule has 1 amide bonds.